The number of fused-ring (bicyclic) bond motifs is 1. The van der Waals surface area contributed by atoms with Crippen molar-refractivity contribution in [1.82, 2.24) is 0 Å². The number of hydrogen-bond acceptors (Lipinski definition) is 4. The molecule has 0 radical (unpaired) electrons. The van der Waals surface area contributed by atoms with Gasteiger partial charge in [0.1, 0.15) is 0 Å². The molecule has 2 aromatic rings. The van der Waals surface area contributed by atoms with Crippen LogP contribution in [0.15, 0.2) is 36.4 Å². The molecule has 0 amide bonds. The number of carbonyl (C=O) groups is 2. The maximum atomic E-state index is 11.8. The predicted molar refractivity (Wildman–Crippen MR) is 95.5 cm³/mol. The Bertz CT molecular complexity index is 819. The van der Waals surface area contributed by atoms with Gasteiger partial charge in [0.15, 0.2) is 6.61 Å². The van der Waals surface area contributed by atoms with Crippen LogP contribution in [0.4, 0.5) is 11.4 Å². The second-order valence-electron chi connectivity index (χ2n) is 5.97. The molecule has 2 N–H and O–H groups in total. The fraction of sp³-hybridized carbons (Fsp3) is 0.263. The molecule has 0 atom stereocenters. The van der Waals surface area contributed by atoms with E-state index in [2.05, 4.69) is 11.4 Å². The minimum absolute atomic E-state index is 0.0149. The van der Waals surface area contributed by atoms with Crippen molar-refractivity contribution >= 4 is 34.9 Å². The maximum Gasteiger partial charge on any atom is 0.341 e. The number of anilines is 2. The summed E-state index contributed by atoms with van der Waals surface area (Å²) in [7, 11) is 0. The smallest absolute Gasteiger partial charge is 0.341 e. The van der Waals surface area contributed by atoms with Crippen LogP contribution < -0.4 is 5.32 Å². The van der Waals surface area contributed by atoms with Gasteiger partial charge in [0.2, 0.25) is 0 Å². The minimum Gasteiger partial charge on any atom is -0.479 e. The molecule has 25 heavy (non-hydrogen) atoms. The van der Waals surface area contributed by atoms with Crippen molar-refractivity contribution in [3.63, 3.8) is 0 Å². The molecule has 0 unspecified atom stereocenters. The Morgan fingerprint density at radius 1 is 1.12 bits per heavy atom. The summed E-state index contributed by atoms with van der Waals surface area (Å²) in [5, 5.41) is 12.5. The first kappa shape index (κ1) is 17.3. The number of ether oxygens (including phenoxy) is 1. The van der Waals surface area contributed by atoms with Crippen molar-refractivity contribution < 1.29 is 19.4 Å². The van der Waals surface area contributed by atoms with Gasteiger partial charge >= 0.3 is 11.9 Å². The molecule has 0 aromatic heterocycles. The van der Waals surface area contributed by atoms with Gasteiger partial charge in [0, 0.05) is 5.69 Å². The molecule has 5 nitrogen and oxygen atoms in total. The molecular formula is C19H18ClNO4. The molecule has 0 aliphatic heterocycles. The summed E-state index contributed by atoms with van der Waals surface area (Å²) in [6.07, 6.45) is 3.23. The highest BCUT2D eigenvalue weighted by molar-refractivity contribution is 6.33. The van der Waals surface area contributed by atoms with Crippen molar-refractivity contribution in [2.45, 2.75) is 25.7 Å². The van der Waals surface area contributed by atoms with E-state index in [1.165, 1.54) is 11.1 Å². The highest BCUT2D eigenvalue weighted by Gasteiger charge is 2.16. The first-order chi connectivity index (χ1) is 12.0. The lowest BCUT2D eigenvalue weighted by Gasteiger charge is -2.14. The lowest BCUT2D eigenvalue weighted by atomic mass is 10.1. The third-order valence-electron chi connectivity index (χ3n) is 4.16. The third-order valence-corrected chi connectivity index (χ3v) is 4.47. The average Bonchev–Trinajstić information content (AvgIpc) is 3.02. The van der Waals surface area contributed by atoms with Crippen LogP contribution >= 0.6 is 11.6 Å². The summed E-state index contributed by atoms with van der Waals surface area (Å²) in [6.45, 7) is -0.634. The molecule has 0 heterocycles. The van der Waals surface area contributed by atoms with Gasteiger partial charge < -0.3 is 15.2 Å². The number of hydrogen-bond donors (Lipinski definition) is 2. The fourth-order valence-electron chi connectivity index (χ4n) is 2.98. The monoisotopic (exact) mass is 359 g/mol. The van der Waals surface area contributed by atoms with Crippen molar-refractivity contribution in [3.05, 3.63) is 58.1 Å². The average molecular weight is 360 g/mol. The van der Waals surface area contributed by atoms with Crippen molar-refractivity contribution in [2.24, 2.45) is 0 Å². The fourth-order valence-corrected chi connectivity index (χ4v) is 3.21. The third kappa shape index (κ3) is 4.31. The molecule has 1 aliphatic carbocycles. The first-order valence-electron chi connectivity index (χ1n) is 8.06. The number of carboxylic acids is 1. The zero-order valence-electron chi connectivity index (χ0n) is 13.5. The van der Waals surface area contributed by atoms with Gasteiger partial charge in [0.25, 0.3) is 0 Å². The van der Waals surface area contributed by atoms with Gasteiger partial charge in [-0.1, -0.05) is 29.8 Å². The SMILES string of the molecule is O=C(O)COC(=O)Cc1ccccc1Nc1cc2c(cc1Cl)CCC2. The summed E-state index contributed by atoms with van der Waals surface area (Å²) < 4.78 is 4.70. The molecule has 0 saturated heterocycles. The molecule has 0 bridgehead atoms. The number of benzene rings is 2. The summed E-state index contributed by atoms with van der Waals surface area (Å²) in [5.41, 5.74) is 4.85. The minimum atomic E-state index is -1.18. The van der Waals surface area contributed by atoms with Gasteiger partial charge in [-0.25, -0.2) is 4.79 Å². The molecule has 130 valence electrons. The zero-order chi connectivity index (χ0) is 17.8. The van der Waals surface area contributed by atoms with E-state index in [0.29, 0.717) is 5.02 Å². The molecule has 2 aromatic carbocycles. The summed E-state index contributed by atoms with van der Waals surface area (Å²) in [6, 6.07) is 11.4. The van der Waals surface area contributed by atoms with Crippen molar-refractivity contribution in [3.8, 4) is 0 Å². The molecule has 1 aliphatic rings. The zero-order valence-corrected chi connectivity index (χ0v) is 14.3. The van der Waals surface area contributed by atoms with E-state index in [-0.39, 0.29) is 6.42 Å². The van der Waals surface area contributed by atoms with Crippen LogP contribution in [0.3, 0.4) is 0 Å². The van der Waals surface area contributed by atoms with Crippen LogP contribution in [-0.2, 0) is 33.6 Å². The van der Waals surface area contributed by atoms with Crippen LogP contribution in [-0.4, -0.2) is 23.7 Å². The van der Waals surface area contributed by atoms with Crippen molar-refractivity contribution in [2.75, 3.05) is 11.9 Å². The number of carbonyl (C=O) groups excluding carboxylic acids is 1. The van der Waals surface area contributed by atoms with Crippen LogP contribution in [0.1, 0.15) is 23.1 Å². The van der Waals surface area contributed by atoms with Gasteiger partial charge in [-0.2, -0.15) is 0 Å². The van der Waals surface area contributed by atoms with E-state index < -0.39 is 18.5 Å². The van der Waals surface area contributed by atoms with Crippen molar-refractivity contribution in [1.29, 1.82) is 0 Å². The van der Waals surface area contributed by atoms with E-state index in [4.69, 9.17) is 21.4 Å². The van der Waals surface area contributed by atoms with Crippen LogP contribution in [0.25, 0.3) is 0 Å². The molecule has 3 rings (SSSR count). The highest BCUT2D eigenvalue weighted by Crippen LogP contribution is 2.34. The Hall–Kier alpha value is -2.53. The largest absolute Gasteiger partial charge is 0.479 e. The van der Waals surface area contributed by atoms with E-state index in [1.807, 2.05) is 24.3 Å². The highest BCUT2D eigenvalue weighted by atomic mass is 35.5. The van der Waals surface area contributed by atoms with E-state index >= 15 is 0 Å². The normalized spacial score (nSPS) is 12.5. The van der Waals surface area contributed by atoms with E-state index in [9.17, 15) is 9.59 Å². The molecule has 6 heteroatoms. The Morgan fingerprint density at radius 3 is 2.60 bits per heavy atom. The number of para-hydroxylation sites is 1. The molecule has 0 fully saturated rings. The maximum absolute atomic E-state index is 11.8. The first-order valence-corrected chi connectivity index (χ1v) is 8.44. The lowest BCUT2D eigenvalue weighted by Crippen LogP contribution is -2.15. The Labute approximate surface area is 150 Å². The predicted octanol–water partition coefficient (Wildman–Crippen LogP) is 3.74. The summed E-state index contributed by atoms with van der Waals surface area (Å²) in [4.78, 5) is 22.3. The van der Waals surface area contributed by atoms with E-state index in [0.717, 1.165) is 36.2 Å². The van der Waals surface area contributed by atoms with Crippen LogP contribution in [0.2, 0.25) is 5.02 Å². The Kier molecular flexibility index (Phi) is 5.24. The number of rotatable bonds is 6. The number of halogens is 1. The van der Waals surface area contributed by atoms with Gasteiger partial charge in [-0.3, -0.25) is 4.79 Å². The van der Waals surface area contributed by atoms with Crippen LogP contribution in [0, 0.1) is 0 Å². The van der Waals surface area contributed by atoms with Gasteiger partial charge in [-0.15, -0.1) is 0 Å². The number of aliphatic carboxylic acids is 1. The van der Waals surface area contributed by atoms with E-state index in [1.54, 1.807) is 6.07 Å². The number of aryl methyl sites for hydroxylation is 2. The summed E-state index contributed by atoms with van der Waals surface area (Å²) in [5.74, 6) is -1.76. The number of nitrogens with one attached hydrogen (secondary N) is 1. The quantitative estimate of drug-likeness (QED) is 0.768. The molecule has 0 saturated carbocycles. The summed E-state index contributed by atoms with van der Waals surface area (Å²) >= 11 is 6.38. The molecular weight excluding hydrogens is 342 g/mol. The lowest BCUT2D eigenvalue weighted by molar-refractivity contribution is -0.154. The Morgan fingerprint density at radius 2 is 1.84 bits per heavy atom. The second kappa shape index (κ2) is 7.57. The van der Waals surface area contributed by atoms with Crippen LogP contribution in [0.5, 0.6) is 0 Å². The van der Waals surface area contributed by atoms with Gasteiger partial charge in [0.05, 0.1) is 17.1 Å². The number of carboxylic acid groups (broad SMARTS) is 1. The van der Waals surface area contributed by atoms with Gasteiger partial charge in [-0.05, 0) is 54.2 Å². The standard InChI is InChI=1S/C19H18ClNO4/c20-15-8-12-5-3-6-13(12)9-17(15)21-16-7-2-1-4-14(16)10-19(24)25-11-18(22)23/h1-2,4,7-9,21H,3,5-6,10-11H2,(H,22,23). The molecule has 0 spiro atoms. The topological polar surface area (TPSA) is 75.6 Å². The second-order valence-corrected chi connectivity index (χ2v) is 6.37. The number of esters is 1. The Balaban J connectivity index is 1.77.